The minimum absolute atomic E-state index is 0.229. The molecule has 2 heterocycles. The van der Waals surface area contributed by atoms with E-state index in [0.29, 0.717) is 22.7 Å². The van der Waals surface area contributed by atoms with Crippen molar-refractivity contribution in [2.45, 2.75) is 52.1 Å². The smallest absolute Gasteiger partial charge is 0.325 e. The van der Waals surface area contributed by atoms with Crippen molar-refractivity contribution in [2.24, 2.45) is 0 Å². The first-order valence-corrected chi connectivity index (χ1v) is 11.7. The Hall–Kier alpha value is -3.67. The molecule has 0 bridgehead atoms. The highest BCUT2D eigenvalue weighted by Gasteiger charge is 2.54. The third-order valence-electron chi connectivity index (χ3n) is 7.25. The second-order valence-corrected chi connectivity index (χ2v) is 9.55. The Bertz CT molecular complexity index is 1320. The number of ketones is 1. The highest BCUT2D eigenvalue weighted by atomic mass is 16.2. The topological polar surface area (TPSA) is 71.4 Å². The molecule has 0 radical (unpaired) electrons. The Morgan fingerprint density at radius 3 is 2.29 bits per heavy atom. The Labute approximate surface area is 199 Å². The van der Waals surface area contributed by atoms with Crippen molar-refractivity contribution in [3.8, 4) is 0 Å². The summed E-state index contributed by atoms with van der Waals surface area (Å²) in [6.45, 7) is 7.63. The molecule has 2 aromatic carbocycles. The van der Waals surface area contributed by atoms with Crippen LogP contribution in [0.5, 0.6) is 0 Å². The molecular weight excluding hydrogens is 426 g/mol. The van der Waals surface area contributed by atoms with Gasteiger partial charge in [-0.2, -0.15) is 0 Å². The number of urea groups is 1. The van der Waals surface area contributed by atoms with E-state index in [1.54, 1.807) is 0 Å². The molecule has 1 aromatic heterocycles. The number of carbonyl (C=O) groups excluding carboxylic acids is 3. The summed E-state index contributed by atoms with van der Waals surface area (Å²) in [7, 11) is 0. The van der Waals surface area contributed by atoms with Gasteiger partial charge >= 0.3 is 6.03 Å². The van der Waals surface area contributed by atoms with Gasteiger partial charge in [0.15, 0.2) is 11.3 Å². The fraction of sp³-hybridized carbons (Fsp3) is 0.321. The quantitative estimate of drug-likeness (QED) is 0.431. The van der Waals surface area contributed by atoms with E-state index in [1.165, 1.54) is 0 Å². The molecule has 1 aliphatic heterocycles. The van der Waals surface area contributed by atoms with Crippen molar-refractivity contribution in [3.05, 3.63) is 93.8 Å². The first-order valence-electron chi connectivity index (χ1n) is 11.7. The number of hydrogen-bond acceptors (Lipinski definition) is 3. The van der Waals surface area contributed by atoms with Crippen LogP contribution in [0.2, 0.25) is 0 Å². The fourth-order valence-corrected chi connectivity index (χ4v) is 5.12. The standard InChI is InChI=1S/C28H29N3O3/c1-17-10-11-22(14-18(17)2)28(21-8-6-5-7-9-21)26(33)30(27(34)29-28)16-25(32)24-15-19(3)31(20(24)4)23-12-13-23/h5-11,14-15,23H,12-13,16H2,1-4H3,(H,29,34)/t28-/m0/s1. The predicted molar refractivity (Wildman–Crippen MR) is 130 cm³/mol. The van der Waals surface area contributed by atoms with Gasteiger partial charge in [0.1, 0.15) is 0 Å². The number of nitrogens with one attached hydrogen (secondary N) is 1. The molecule has 1 saturated carbocycles. The van der Waals surface area contributed by atoms with E-state index in [1.807, 2.05) is 82.3 Å². The largest absolute Gasteiger partial charge is 0.345 e. The van der Waals surface area contributed by atoms with Crippen LogP contribution in [0.1, 0.15) is 62.9 Å². The SMILES string of the molecule is Cc1ccc([C@]2(c3ccccc3)NC(=O)N(CC(=O)c3cc(C)n(C4CC4)c3C)C2=O)cc1C. The van der Waals surface area contributed by atoms with Crippen molar-refractivity contribution in [3.63, 3.8) is 0 Å². The van der Waals surface area contributed by atoms with Gasteiger partial charge in [0.25, 0.3) is 5.91 Å². The third-order valence-corrected chi connectivity index (χ3v) is 7.25. The molecule has 34 heavy (non-hydrogen) atoms. The molecule has 3 amide bonds. The van der Waals surface area contributed by atoms with Crippen LogP contribution in [0, 0.1) is 27.7 Å². The molecule has 6 nitrogen and oxygen atoms in total. The van der Waals surface area contributed by atoms with Crippen LogP contribution in [-0.2, 0) is 10.3 Å². The summed E-state index contributed by atoms with van der Waals surface area (Å²) in [5.41, 5.74) is 4.62. The molecule has 174 valence electrons. The van der Waals surface area contributed by atoms with E-state index in [9.17, 15) is 14.4 Å². The minimum Gasteiger partial charge on any atom is -0.345 e. The maximum atomic E-state index is 14.0. The van der Waals surface area contributed by atoms with Crippen LogP contribution in [-0.4, -0.2) is 33.7 Å². The lowest BCUT2D eigenvalue weighted by molar-refractivity contribution is -0.129. The zero-order valence-electron chi connectivity index (χ0n) is 20.0. The lowest BCUT2D eigenvalue weighted by Gasteiger charge is -2.28. The fourth-order valence-electron chi connectivity index (χ4n) is 5.12. The molecule has 2 aliphatic rings. The molecule has 1 aliphatic carbocycles. The number of imide groups is 1. The van der Waals surface area contributed by atoms with E-state index >= 15 is 0 Å². The Morgan fingerprint density at radius 2 is 1.65 bits per heavy atom. The first-order chi connectivity index (χ1) is 16.2. The van der Waals surface area contributed by atoms with Gasteiger partial charge in [0.2, 0.25) is 0 Å². The second-order valence-electron chi connectivity index (χ2n) is 9.55. The van der Waals surface area contributed by atoms with Gasteiger partial charge in [-0.05, 0) is 68.9 Å². The highest BCUT2D eigenvalue weighted by Crippen LogP contribution is 2.39. The summed E-state index contributed by atoms with van der Waals surface area (Å²) in [6.07, 6.45) is 2.24. The summed E-state index contributed by atoms with van der Waals surface area (Å²) in [5.74, 6) is -0.663. The van der Waals surface area contributed by atoms with E-state index in [2.05, 4.69) is 9.88 Å². The predicted octanol–water partition coefficient (Wildman–Crippen LogP) is 4.73. The number of carbonyl (C=O) groups is 3. The summed E-state index contributed by atoms with van der Waals surface area (Å²) >= 11 is 0. The Morgan fingerprint density at radius 1 is 0.941 bits per heavy atom. The van der Waals surface area contributed by atoms with Gasteiger partial charge in [-0.3, -0.25) is 14.5 Å². The normalized spacial score (nSPS) is 20.1. The van der Waals surface area contributed by atoms with Gasteiger partial charge in [-0.25, -0.2) is 4.79 Å². The van der Waals surface area contributed by atoms with Crippen LogP contribution in [0.4, 0.5) is 4.79 Å². The number of nitrogens with zero attached hydrogens (tertiary/aromatic N) is 2. The average molecular weight is 456 g/mol. The zero-order chi connectivity index (χ0) is 24.2. The average Bonchev–Trinajstić information content (AvgIpc) is 3.56. The van der Waals surface area contributed by atoms with Crippen molar-refractivity contribution in [2.75, 3.05) is 6.54 Å². The molecule has 1 atom stereocenters. The molecule has 6 heteroatoms. The van der Waals surface area contributed by atoms with E-state index in [-0.39, 0.29) is 12.3 Å². The van der Waals surface area contributed by atoms with E-state index in [4.69, 9.17) is 0 Å². The van der Waals surface area contributed by atoms with E-state index < -0.39 is 17.5 Å². The number of aryl methyl sites for hydroxylation is 3. The minimum atomic E-state index is -1.37. The number of hydrogen-bond donors (Lipinski definition) is 1. The molecular formula is C28H29N3O3. The maximum absolute atomic E-state index is 14.0. The Kier molecular flexibility index (Phi) is 5.19. The molecule has 1 N–H and O–H groups in total. The summed E-state index contributed by atoms with van der Waals surface area (Å²) in [6, 6.07) is 16.8. The van der Waals surface area contributed by atoms with Crippen molar-refractivity contribution >= 4 is 17.7 Å². The first kappa shape index (κ1) is 22.1. The summed E-state index contributed by atoms with van der Waals surface area (Å²) in [5, 5.41) is 2.94. The van der Waals surface area contributed by atoms with E-state index in [0.717, 1.165) is 40.3 Å². The van der Waals surface area contributed by atoms with Gasteiger partial charge in [0.05, 0.1) is 6.54 Å². The molecule has 0 unspecified atom stereocenters. The number of aromatic nitrogens is 1. The number of amides is 3. The van der Waals surface area contributed by atoms with Crippen LogP contribution in [0.15, 0.2) is 54.6 Å². The number of Topliss-reactive ketones (excluding diaryl/α,β-unsaturated/α-hetero) is 1. The van der Waals surface area contributed by atoms with Gasteiger partial charge < -0.3 is 9.88 Å². The van der Waals surface area contributed by atoms with Gasteiger partial charge in [-0.15, -0.1) is 0 Å². The van der Waals surface area contributed by atoms with Crippen LogP contribution < -0.4 is 5.32 Å². The summed E-state index contributed by atoms with van der Waals surface area (Å²) < 4.78 is 2.20. The molecule has 5 rings (SSSR count). The van der Waals surface area contributed by atoms with Crippen molar-refractivity contribution in [1.82, 2.24) is 14.8 Å². The van der Waals surface area contributed by atoms with Gasteiger partial charge in [0, 0.05) is 23.0 Å². The van der Waals surface area contributed by atoms with Crippen LogP contribution in [0.25, 0.3) is 0 Å². The third kappa shape index (κ3) is 3.36. The van der Waals surface area contributed by atoms with Crippen molar-refractivity contribution < 1.29 is 14.4 Å². The van der Waals surface area contributed by atoms with Crippen LogP contribution >= 0.6 is 0 Å². The number of rotatable bonds is 6. The number of benzene rings is 2. The highest BCUT2D eigenvalue weighted by molar-refractivity contribution is 6.13. The lowest BCUT2D eigenvalue weighted by atomic mass is 9.81. The van der Waals surface area contributed by atoms with Gasteiger partial charge in [-0.1, -0.05) is 48.5 Å². The molecule has 3 aromatic rings. The van der Waals surface area contributed by atoms with Crippen molar-refractivity contribution in [1.29, 1.82) is 0 Å². The molecule has 1 saturated heterocycles. The van der Waals surface area contributed by atoms with Crippen LogP contribution in [0.3, 0.4) is 0 Å². The second kappa shape index (κ2) is 7.97. The molecule has 2 fully saturated rings. The molecule has 0 spiro atoms. The summed E-state index contributed by atoms with van der Waals surface area (Å²) in [4.78, 5) is 41.5. The monoisotopic (exact) mass is 455 g/mol. The lowest BCUT2D eigenvalue weighted by Crippen LogP contribution is -2.45. The Balaban J connectivity index is 1.53. The zero-order valence-corrected chi connectivity index (χ0v) is 20.0. The maximum Gasteiger partial charge on any atom is 0.325 e.